The van der Waals surface area contributed by atoms with Gasteiger partial charge in [0.2, 0.25) is 0 Å². The number of hydrogen-bond acceptors (Lipinski definition) is 3. The van der Waals surface area contributed by atoms with E-state index in [1.54, 1.807) is 7.11 Å². The summed E-state index contributed by atoms with van der Waals surface area (Å²) in [6.07, 6.45) is 0. The van der Waals surface area contributed by atoms with Crippen molar-refractivity contribution >= 4 is 5.69 Å². The Labute approximate surface area is 114 Å². The smallest absolute Gasteiger partial charge is 0.124 e. The van der Waals surface area contributed by atoms with Crippen molar-refractivity contribution in [2.45, 2.75) is 13.0 Å². The highest BCUT2D eigenvalue weighted by atomic mass is 16.5. The van der Waals surface area contributed by atoms with Crippen LogP contribution >= 0.6 is 0 Å². The van der Waals surface area contributed by atoms with E-state index in [1.165, 1.54) is 5.56 Å². The maximum Gasteiger partial charge on any atom is 0.124 e. The van der Waals surface area contributed by atoms with Crippen LogP contribution in [0, 0.1) is 6.92 Å². The Morgan fingerprint density at radius 1 is 1.11 bits per heavy atom. The van der Waals surface area contributed by atoms with Crippen molar-refractivity contribution in [2.24, 2.45) is 5.73 Å². The monoisotopic (exact) mass is 256 g/mol. The molecule has 1 atom stereocenters. The van der Waals surface area contributed by atoms with Crippen LogP contribution in [0.5, 0.6) is 5.75 Å². The van der Waals surface area contributed by atoms with Gasteiger partial charge in [0.1, 0.15) is 5.75 Å². The van der Waals surface area contributed by atoms with Gasteiger partial charge in [0.05, 0.1) is 13.2 Å². The summed E-state index contributed by atoms with van der Waals surface area (Å²) in [6, 6.07) is 16.3. The molecule has 1 unspecified atom stereocenters. The van der Waals surface area contributed by atoms with Crippen LogP contribution in [0.4, 0.5) is 5.69 Å². The molecule has 0 spiro atoms. The lowest BCUT2D eigenvalue weighted by atomic mass is 10.1. The van der Waals surface area contributed by atoms with E-state index < -0.39 is 0 Å². The number of para-hydroxylation sites is 1. The molecule has 0 bridgehead atoms. The quantitative estimate of drug-likeness (QED) is 0.864. The number of aryl methyl sites for hydroxylation is 1. The fourth-order valence-corrected chi connectivity index (χ4v) is 2.07. The minimum Gasteiger partial charge on any atom is -0.496 e. The summed E-state index contributed by atoms with van der Waals surface area (Å²) in [7, 11) is 1.68. The number of benzene rings is 2. The highest BCUT2D eigenvalue weighted by Crippen LogP contribution is 2.27. The number of nitrogens with one attached hydrogen (secondary N) is 1. The summed E-state index contributed by atoms with van der Waals surface area (Å²) >= 11 is 0. The zero-order chi connectivity index (χ0) is 13.7. The van der Waals surface area contributed by atoms with Gasteiger partial charge in [-0.05, 0) is 25.1 Å². The molecule has 2 aromatic carbocycles. The number of methoxy groups -OCH3 is 1. The molecule has 0 amide bonds. The average Bonchev–Trinajstić information content (AvgIpc) is 2.46. The molecule has 0 aromatic heterocycles. The molecule has 19 heavy (non-hydrogen) atoms. The van der Waals surface area contributed by atoms with Crippen molar-refractivity contribution in [1.29, 1.82) is 0 Å². The van der Waals surface area contributed by atoms with E-state index in [2.05, 4.69) is 36.5 Å². The minimum absolute atomic E-state index is 0.0406. The Balaban J connectivity index is 2.22. The zero-order valence-corrected chi connectivity index (χ0v) is 11.4. The summed E-state index contributed by atoms with van der Waals surface area (Å²) in [6.45, 7) is 2.58. The van der Waals surface area contributed by atoms with Crippen LogP contribution < -0.4 is 15.8 Å². The van der Waals surface area contributed by atoms with Gasteiger partial charge in [-0.1, -0.05) is 35.9 Å². The van der Waals surface area contributed by atoms with E-state index in [9.17, 15) is 0 Å². The van der Waals surface area contributed by atoms with Gasteiger partial charge in [-0.2, -0.15) is 0 Å². The molecule has 3 nitrogen and oxygen atoms in total. The van der Waals surface area contributed by atoms with E-state index in [4.69, 9.17) is 10.5 Å². The molecule has 0 aliphatic heterocycles. The van der Waals surface area contributed by atoms with Gasteiger partial charge in [-0.3, -0.25) is 0 Å². The fraction of sp³-hybridized carbons (Fsp3) is 0.250. The molecular weight excluding hydrogens is 236 g/mol. The first-order valence-electron chi connectivity index (χ1n) is 6.40. The van der Waals surface area contributed by atoms with Crippen LogP contribution in [0.1, 0.15) is 17.2 Å². The molecule has 0 saturated heterocycles. The van der Waals surface area contributed by atoms with Gasteiger partial charge in [0.15, 0.2) is 0 Å². The molecular formula is C16H20N2O. The predicted molar refractivity (Wildman–Crippen MR) is 79.6 cm³/mol. The molecule has 0 aliphatic rings. The van der Waals surface area contributed by atoms with Gasteiger partial charge in [-0.15, -0.1) is 0 Å². The Morgan fingerprint density at radius 2 is 1.79 bits per heavy atom. The predicted octanol–water partition coefficient (Wildman–Crippen LogP) is 3.12. The molecule has 100 valence electrons. The first kappa shape index (κ1) is 13.4. The number of rotatable bonds is 5. The van der Waals surface area contributed by atoms with Crippen molar-refractivity contribution in [2.75, 3.05) is 19.0 Å². The number of ether oxygens (including phenoxy) is 1. The van der Waals surface area contributed by atoms with Crippen LogP contribution in [0.15, 0.2) is 48.5 Å². The van der Waals surface area contributed by atoms with E-state index >= 15 is 0 Å². The summed E-state index contributed by atoms with van der Waals surface area (Å²) in [4.78, 5) is 0. The van der Waals surface area contributed by atoms with Crippen molar-refractivity contribution in [3.8, 4) is 5.75 Å². The van der Waals surface area contributed by atoms with Gasteiger partial charge < -0.3 is 15.8 Å². The highest BCUT2D eigenvalue weighted by molar-refractivity contribution is 5.49. The number of nitrogens with two attached hydrogens (primary N) is 1. The highest BCUT2D eigenvalue weighted by Gasteiger charge is 2.13. The number of hydrogen-bond donors (Lipinski definition) is 2. The second kappa shape index (κ2) is 6.25. The maximum absolute atomic E-state index is 5.89. The molecule has 0 saturated carbocycles. The molecule has 2 rings (SSSR count). The molecule has 0 heterocycles. The Kier molecular flexibility index (Phi) is 4.42. The van der Waals surface area contributed by atoms with E-state index in [-0.39, 0.29) is 6.04 Å². The normalized spacial score (nSPS) is 11.9. The van der Waals surface area contributed by atoms with E-state index in [0.717, 1.165) is 17.0 Å². The van der Waals surface area contributed by atoms with E-state index in [0.29, 0.717) is 6.54 Å². The Hall–Kier alpha value is -2.00. The second-order valence-electron chi connectivity index (χ2n) is 4.54. The average molecular weight is 256 g/mol. The SMILES string of the molecule is COc1ccccc1C(CN)Nc1ccc(C)cc1. The topological polar surface area (TPSA) is 47.3 Å². The molecule has 0 fully saturated rings. The van der Waals surface area contributed by atoms with Gasteiger partial charge in [0.25, 0.3) is 0 Å². The summed E-state index contributed by atoms with van der Waals surface area (Å²) < 4.78 is 5.39. The van der Waals surface area contributed by atoms with Crippen molar-refractivity contribution in [1.82, 2.24) is 0 Å². The van der Waals surface area contributed by atoms with Crippen molar-refractivity contribution < 1.29 is 4.74 Å². The van der Waals surface area contributed by atoms with Crippen LogP contribution in [0.25, 0.3) is 0 Å². The third-order valence-electron chi connectivity index (χ3n) is 3.14. The Bertz CT molecular complexity index is 523. The molecule has 3 heteroatoms. The van der Waals surface area contributed by atoms with Crippen LogP contribution in [0.3, 0.4) is 0 Å². The minimum atomic E-state index is 0.0406. The molecule has 0 radical (unpaired) electrons. The van der Waals surface area contributed by atoms with Gasteiger partial charge >= 0.3 is 0 Å². The summed E-state index contributed by atoms with van der Waals surface area (Å²) in [5, 5.41) is 3.44. The molecule has 0 aliphatic carbocycles. The standard InChI is InChI=1S/C16H20N2O/c1-12-7-9-13(10-8-12)18-15(11-17)14-5-3-4-6-16(14)19-2/h3-10,15,18H,11,17H2,1-2H3. The maximum atomic E-state index is 5.89. The molecule has 3 N–H and O–H groups in total. The van der Waals surface area contributed by atoms with Gasteiger partial charge in [0, 0.05) is 17.8 Å². The first-order valence-corrected chi connectivity index (χ1v) is 6.40. The van der Waals surface area contributed by atoms with Crippen molar-refractivity contribution in [3.05, 3.63) is 59.7 Å². The van der Waals surface area contributed by atoms with Crippen LogP contribution in [0.2, 0.25) is 0 Å². The van der Waals surface area contributed by atoms with Crippen molar-refractivity contribution in [3.63, 3.8) is 0 Å². The van der Waals surface area contributed by atoms with Gasteiger partial charge in [-0.25, -0.2) is 0 Å². The fourth-order valence-electron chi connectivity index (χ4n) is 2.07. The summed E-state index contributed by atoms with van der Waals surface area (Å²) in [5.41, 5.74) is 9.27. The van der Waals surface area contributed by atoms with Crippen LogP contribution in [-0.4, -0.2) is 13.7 Å². The second-order valence-corrected chi connectivity index (χ2v) is 4.54. The lowest BCUT2D eigenvalue weighted by molar-refractivity contribution is 0.407. The summed E-state index contributed by atoms with van der Waals surface area (Å²) in [5.74, 6) is 0.859. The third-order valence-corrected chi connectivity index (χ3v) is 3.14. The largest absolute Gasteiger partial charge is 0.496 e. The lowest BCUT2D eigenvalue weighted by Gasteiger charge is -2.21. The van der Waals surface area contributed by atoms with Crippen LogP contribution in [-0.2, 0) is 0 Å². The molecule has 2 aromatic rings. The zero-order valence-electron chi connectivity index (χ0n) is 11.4. The van der Waals surface area contributed by atoms with E-state index in [1.807, 2.05) is 24.3 Å². The lowest BCUT2D eigenvalue weighted by Crippen LogP contribution is -2.21. The number of anilines is 1. The Morgan fingerprint density at radius 3 is 2.42 bits per heavy atom. The first-order chi connectivity index (χ1) is 9.24. The third kappa shape index (κ3) is 3.26.